The summed E-state index contributed by atoms with van der Waals surface area (Å²) in [5.74, 6) is -0.911. The van der Waals surface area contributed by atoms with Gasteiger partial charge in [-0.3, -0.25) is 9.69 Å². The number of halogens is 2. The van der Waals surface area contributed by atoms with Crippen LogP contribution in [0.3, 0.4) is 0 Å². The van der Waals surface area contributed by atoms with E-state index in [-0.39, 0.29) is 23.5 Å². The monoisotopic (exact) mass is 387 g/mol. The quantitative estimate of drug-likeness (QED) is 0.803. The molecule has 0 radical (unpaired) electrons. The first-order valence-electron chi connectivity index (χ1n) is 8.28. The number of hydrogen-bond donors (Lipinski definition) is 1. The van der Waals surface area contributed by atoms with Gasteiger partial charge in [0.2, 0.25) is 11.8 Å². The molecule has 1 aliphatic rings. The minimum absolute atomic E-state index is 0.00174. The fourth-order valence-corrected chi connectivity index (χ4v) is 2.80. The van der Waals surface area contributed by atoms with Crippen LogP contribution in [0.2, 0.25) is 5.15 Å². The summed E-state index contributed by atoms with van der Waals surface area (Å²) in [7, 11) is 1.38. The van der Waals surface area contributed by atoms with Crippen LogP contribution in [0.1, 0.15) is 39.2 Å². The minimum Gasteiger partial charge on any atom is -0.481 e. The summed E-state index contributed by atoms with van der Waals surface area (Å²) in [6.07, 6.45) is 0.722. The van der Waals surface area contributed by atoms with E-state index >= 15 is 0 Å². The standard InChI is InChI=1S/C17H23ClFN3O4/c1-17(2,3)26-16(24)22-7-5-6-12(22)14(23)20-9-10-8-11(19)13(18)21-15(10)25-4/h8,12H,5-7,9H2,1-4H3,(H,20,23)/t12-/m0/s1. The van der Waals surface area contributed by atoms with Crippen LogP contribution in [0, 0.1) is 5.82 Å². The Kier molecular flexibility index (Phi) is 6.28. The summed E-state index contributed by atoms with van der Waals surface area (Å²) in [5, 5.41) is 2.39. The van der Waals surface area contributed by atoms with Crippen molar-refractivity contribution in [1.82, 2.24) is 15.2 Å². The van der Waals surface area contributed by atoms with E-state index in [1.54, 1.807) is 20.8 Å². The van der Waals surface area contributed by atoms with Crippen molar-refractivity contribution in [3.8, 4) is 5.88 Å². The van der Waals surface area contributed by atoms with Gasteiger partial charge in [0.05, 0.1) is 7.11 Å². The number of likely N-dealkylation sites (tertiary alicyclic amines) is 1. The molecule has 0 spiro atoms. The van der Waals surface area contributed by atoms with E-state index in [1.807, 2.05) is 0 Å². The van der Waals surface area contributed by atoms with Crippen molar-refractivity contribution in [2.24, 2.45) is 0 Å². The van der Waals surface area contributed by atoms with Gasteiger partial charge in [-0.25, -0.2) is 9.18 Å². The predicted octanol–water partition coefficient (Wildman–Crippen LogP) is 2.90. The normalized spacial score (nSPS) is 17.2. The van der Waals surface area contributed by atoms with Crippen LogP contribution in [-0.2, 0) is 16.1 Å². The summed E-state index contributed by atoms with van der Waals surface area (Å²) < 4.78 is 24.0. The van der Waals surface area contributed by atoms with Gasteiger partial charge in [0.25, 0.3) is 0 Å². The molecule has 9 heteroatoms. The maximum absolute atomic E-state index is 13.6. The van der Waals surface area contributed by atoms with Crippen molar-refractivity contribution in [2.45, 2.75) is 51.8 Å². The predicted molar refractivity (Wildman–Crippen MR) is 93.6 cm³/mol. The lowest BCUT2D eigenvalue weighted by atomic mass is 10.2. The molecule has 7 nitrogen and oxygen atoms in total. The molecule has 1 aromatic rings. The Morgan fingerprint density at radius 1 is 1.46 bits per heavy atom. The second-order valence-electron chi connectivity index (χ2n) is 6.98. The molecule has 1 N–H and O–H groups in total. The highest BCUT2D eigenvalue weighted by molar-refractivity contribution is 6.29. The zero-order chi connectivity index (χ0) is 19.5. The fourth-order valence-electron chi connectivity index (χ4n) is 2.67. The van der Waals surface area contributed by atoms with Gasteiger partial charge in [0.1, 0.15) is 11.6 Å². The molecule has 0 unspecified atom stereocenters. The highest BCUT2D eigenvalue weighted by Gasteiger charge is 2.36. The van der Waals surface area contributed by atoms with E-state index in [4.69, 9.17) is 21.1 Å². The third-order valence-electron chi connectivity index (χ3n) is 3.80. The van der Waals surface area contributed by atoms with Gasteiger partial charge in [0.15, 0.2) is 11.0 Å². The van der Waals surface area contributed by atoms with Gasteiger partial charge >= 0.3 is 6.09 Å². The first-order valence-corrected chi connectivity index (χ1v) is 8.66. The smallest absolute Gasteiger partial charge is 0.410 e. The van der Waals surface area contributed by atoms with Gasteiger partial charge < -0.3 is 14.8 Å². The molecule has 0 aromatic carbocycles. The summed E-state index contributed by atoms with van der Waals surface area (Å²) in [6, 6.07) is 0.537. The van der Waals surface area contributed by atoms with E-state index in [0.717, 1.165) is 6.07 Å². The Bertz CT molecular complexity index is 693. The Balaban J connectivity index is 2.03. The molecule has 0 saturated carbocycles. The van der Waals surface area contributed by atoms with E-state index in [1.165, 1.54) is 12.0 Å². The number of rotatable bonds is 4. The number of ether oxygens (including phenoxy) is 2. The van der Waals surface area contributed by atoms with Crippen LogP contribution in [0.5, 0.6) is 5.88 Å². The van der Waals surface area contributed by atoms with E-state index in [0.29, 0.717) is 24.9 Å². The second kappa shape index (κ2) is 8.07. The molecule has 1 atom stereocenters. The lowest BCUT2D eigenvalue weighted by Gasteiger charge is -2.28. The van der Waals surface area contributed by atoms with Crippen molar-refractivity contribution in [2.75, 3.05) is 13.7 Å². The molecule has 144 valence electrons. The Morgan fingerprint density at radius 2 is 2.15 bits per heavy atom. The van der Waals surface area contributed by atoms with Crippen molar-refractivity contribution < 1.29 is 23.5 Å². The molecule has 2 rings (SSSR count). The summed E-state index contributed by atoms with van der Waals surface area (Å²) in [6.45, 7) is 5.76. The number of carbonyl (C=O) groups excluding carboxylic acids is 2. The van der Waals surface area contributed by atoms with Crippen LogP contribution in [-0.4, -0.2) is 47.2 Å². The van der Waals surface area contributed by atoms with Crippen LogP contribution in [0.25, 0.3) is 0 Å². The number of hydrogen-bond acceptors (Lipinski definition) is 5. The summed E-state index contributed by atoms with van der Waals surface area (Å²) in [4.78, 5) is 30.0. The zero-order valence-corrected chi connectivity index (χ0v) is 16.0. The SMILES string of the molecule is COc1nc(Cl)c(F)cc1CNC(=O)[C@@H]1CCCN1C(=O)OC(C)(C)C. The number of aromatic nitrogens is 1. The number of pyridine rings is 1. The van der Waals surface area contributed by atoms with Gasteiger partial charge in [-0.05, 0) is 39.7 Å². The van der Waals surface area contributed by atoms with E-state index < -0.39 is 23.6 Å². The van der Waals surface area contributed by atoms with Crippen molar-refractivity contribution in [3.05, 3.63) is 22.6 Å². The first kappa shape index (κ1) is 20.2. The molecular weight excluding hydrogens is 365 g/mol. The number of nitrogens with zero attached hydrogens (tertiary/aromatic N) is 2. The van der Waals surface area contributed by atoms with Crippen molar-refractivity contribution in [3.63, 3.8) is 0 Å². The van der Waals surface area contributed by atoms with Gasteiger partial charge in [0, 0.05) is 18.7 Å². The Labute approximate surface area is 156 Å². The molecule has 1 aliphatic heterocycles. The van der Waals surface area contributed by atoms with Crippen molar-refractivity contribution in [1.29, 1.82) is 0 Å². The highest BCUT2D eigenvalue weighted by atomic mass is 35.5. The van der Waals surface area contributed by atoms with Gasteiger partial charge in [-0.2, -0.15) is 4.98 Å². The Morgan fingerprint density at radius 3 is 2.77 bits per heavy atom. The van der Waals surface area contributed by atoms with E-state index in [2.05, 4.69) is 10.3 Å². The third kappa shape index (κ3) is 4.97. The topological polar surface area (TPSA) is 80.8 Å². The third-order valence-corrected chi connectivity index (χ3v) is 4.07. The summed E-state index contributed by atoms with van der Waals surface area (Å²) >= 11 is 5.63. The molecule has 1 aromatic heterocycles. The molecule has 2 heterocycles. The lowest BCUT2D eigenvalue weighted by Crippen LogP contribution is -2.47. The number of carbonyl (C=O) groups is 2. The largest absolute Gasteiger partial charge is 0.481 e. The van der Waals surface area contributed by atoms with E-state index in [9.17, 15) is 14.0 Å². The molecule has 2 amide bonds. The van der Waals surface area contributed by atoms with Crippen LogP contribution >= 0.6 is 11.6 Å². The molecular formula is C17H23ClFN3O4. The minimum atomic E-state index is -0.701. The number of amides is 2. The maximum atomic E-state index is 13.6. The maximum Gasteiger partial charge on any atom is 0.410 e. The molecule has 1 saturated heterocycles. The molecule has 26 heavy (non-hydrogen) atoms. The average Bonchev–Trinajstić information content (AvgIpc) is 3.03. The molecule has 0 aliphatic carbocycles. The average molecular weight is 388 g/mol. The zero-order valence-electron chi connectivity index (χ0n) is 15.3. The molecule has 0 bridgehead atoms. The lowest BCUT2D eigenvalue weighted by molar-refractivity contribution is -0.125. The van der Waals surface area contributed by atoms with Crippen molar-refractivity contribution >= 4 is 23.6 Å². The van der Waals surface area contributed by atoms with Crippen LogP contribution in [0.4, 0.5) is 9.18 Å². The van der Waals surface area contributed by atoms with Gasteiger partial charge in [-0.1, -0.05) is 11.6 Å². The number of nitrogens with one attached hydrogen (secondary N) is 1. The first-order chi connectivity index (χ1) is 12.1. The van der Waals surface area contributed by atoms with Gasteiger partial charge in [-0.15, -0.1) is 0 Å². The highest BCUT2D eigenvalue weighted by Crippen LogP contribution is 2.23. The molecule has 1 fully saturated rings. The summed E-state index contributed by atoms with van der Waals surface area (Å²) in [5.41, 5.74) is -0.287. The second-order valence-corrected chi connectivity index (χ2v) is 7.34. The van der Waals surface area contributed by atoms with Crippen LogP contribution < -0.4 is 10.1 Å². The number of methoxy groups -OCH3 is 1. The van der Waals surface area contributed by atoms with Crippen LogP contribution in [0.15, 0.2) is 6.07 Å². The Hall–Kier alpha value is -2.09. The fraction of sp³-hybridized carbons (Fsp3) is 0.588.